The van der Waals surface area contributed by atoms with Crippen LogP contribution in [0.1, 0.15) is 0 Å². The van der Waals surface area contributed by atoms with Crippen molar-refractivity contribution in [1.29, 1.82) is 0 Å². The minimum absolute atomic E-state index is 1.09. The highest BCUT2D eigenvalue weighted by molar-refractivity contribution is 7.25. The van der Waals surface area contributed by atoms with Crippen LogP contribution < -0.4 is 4.90 Å². The number of rotatable bonds is 8. The van der Waals surface area contributed by atoms with Crippen LogP contribution in [0.4, 0.5) is 17.1 Å². The predicted molar refractivity (Wildman–Crippen MR) is 270 cm³/mol. The van der Waals surface area contributed by atoms with Crippen molar-refractivity contribution in [3.05, 3.63) is 243 Å². The van der Waals surface area contributed by atoms with Crippen molar-refractivity contribution in [3.63, 3.8) is 0 Å². The van der Waals surface area contributed by atoms with E-state index in [1.54, 1.807) is 0 Å². The molecule has 2 aromatic heterocycles. The molecule has 2 heterocycles. The Morgan fingerprint density at radius 1 is 0.302 bits per heavy atom. The Morgan fingerprint density at radius 3 is 1.40 bits per heavy atom. The third-order valence-corrected chi connectivity index (χ3v) is 13.6. The molecule has 0 aliphatic rings. The number of aromatic nitrogens is 1. The van der Waals surface area contributed by atoms with Gasteiger partial charge >= 0.3 is 0 Å². The number of fused-ring (bicyclic) bond motifs is 6. The molecule has 0 spiro atoms. The van der Waals surface area contributed by atoms with E-state index in [9.17, 15) is 0 Å². The first-order valence-corrected chi connectivity index (χ1v) is 22.3. The Bertz CT molecular complexity index is 3470. The van der Waals surface area contributed by atoms with Crippen molar-refractivity contribution in [1.82, 2.24) is 4.57 Å². The molecule has 0 bridgehead atoms. The topological polar surface area (TPSA) is 8.17 Å². The van der Waals surface area contributed by atoms with Crippen LogP contribution in [0.15, 0.2) is 243 Å². The quantitative estimate of drug-likeness (QED) is 0.148. The molecule has 0 fully saturated rings. The van der Waals surface area contributed by atoms with Crippen molar-refractivity contribution in [3.8, 4) is 50.2 Å². The van der Waals surface area contributed by atoms with Gasteiger partial charge in [0.2, 0.25) is 0 Å². The molecule has 12 aromatic rings. The highest BCUT2D eigenvalue weighted by Crippen LogP contribution is 2.46. The molecule has 3 heteroatoms. The first-order chi connectivity index (χ1) is 31.2. The third-order valence-electron chi connectivity index (χ3n) is 12.4. The number of anilines is 3. The van der Waals surface area contributed by atoms with Crippen LogP contribution in [-0.2, 0) is 0 Å². The van der Waals surface area contributed by atoms with Crippen molar-refractivity contribution < 1.29 is 0 Å². The zero-order valence-electron chi connectivity index (χ0n) is 34.4. The lowest BCUT2D eigenvalue weighted by Crippen LogP contribution is -2.11. The van der Waals surface area contributed by atoms with E-state index in [4.69, 9.17) is 0 Å². The van der Waals surface area contributed by atoms with Gasteiger partial charge < -0.3 is 9.47 Å². The van der Waals surface area contributed by atoms with Crippen molar-refractivity contribution in [2.24, 2.45) is 0 Å². The molecule has 0 atom stereocenters. The van der Waals surface area contributed by atoms with Crippen molar-refractivity contribution >= 4 is 70.4 Å². The largest absolute Gasteiger partial charge is 0.310 e. The highest BCUT2D eigenvalue weighted by atomic mass is 32.1. The molecule has 0 saturated carbocycles. The van der Waals surface area contributed by atoms with Gasteiger partial charge in [-0.2, -0.15) is 0 Å². The van der Waals surface area contributed by atoms with Gasteiger partial charge in [-0.15, -0.1) is 11.3 Å². The molecule has 0 saturated heterocycles. The molecule has 63 heavy (non-hydrogen) atoms. The molecule has 0 N–H and O–H groups in total. The summed E-state index contributed by atoms with van der Waals surface area (Å²) in [7, 11) is 0. The third kappa shape index (κ3) is 6.50. The van der Waals surface area contributed by atoms with Crippen LogP contribution in [0.2, 0.25) is 0 Å². The SMILES string of the molecule is c1ccc(-c2ccc(N(c3ccc(-c4ccccc4)cc3)c3ccc(-c4ccccc4-n4c5ccccc5c5ccccc54)cc3-c3ccc4c(c3)sc3ccccc34)cc2)cc1. The van der Waals surface area contributed by atoms with Crippen LogP contribution >= 0.6 is 11.3 Å². The first-order valence-electron chi connectivity index (χ1n) is 21.5. The number of thiophene rings is 1. The normalized spacial score (nSPS) is 11.5. The number of hydrogen-bond donors (Lipinski definition) is 0. The van der Waals surface area contributed by atoms with E-state index in [1.165, 1.54) is 75.4 Å². The van der Waals surface area contributed by atoms with E-state index >= 15 is 0 Å². The molecular formula is C60H40N2S. The maximum atomic E-state index is 2.44. The highest BCUT2D eigenvalue weighted by Gasteiger charge is 2.21. The predicted octanol–water partition coefficient (Wildman–Crippen LogP) is 17.3. The fourth-order valence-electron chi connectivity index (χ4n) is 9.41. The summed E-state index contributed by atoms with van der Waals surface area (Å²) in [5.74, 6) is 0. The lowest BCUT2D eigenvalue weighted by molar-refractivity contribution is 1.18. The van der Waals surface area contributed by atoms with Gasteiger partial charge in [-0.3, -0.25) is 0 Å². The molecule has 10 aromatic carbocycles. The Morgan fingerprint density at radius 2 is 0.762 bits per heavy atom. The number of para-hydroxylation sites is 3. The van der Waals surface area contributed by atoms with E-state index in [-0.39, 0.29) is 0 Å². The number of nitrogens with zero attached hydrogens (tertiary/aromatic N) is 2. The van der Waals surface area contributed by atoms with Gasteiger partial charge in [-0.1, -0.05) is 176 Å². The fraction of sp³-hybridized carbons (Fsp3) is 0. The molecular weight excluding hydrogens is 781 g/mol. The minimum Gasteiger partial charge on any atom is -0.310 e. The molecule has 0 aliphatic carbocycles. The number of hydrogen-bond acceptors (Lipinski definition) is 2. The second kappa shape index (κ2) is 15.5. The van der Waals surface area contributed by atoms with Gasteiger partial charge in [0.25, 0.3) is 0 Å². The van der Waals surface area contributed by atoms with Crippen molar-refractivity contribution in [2.75, 3.05) is 4.90 Å². The molecule has 2 nitrogen and oxygen atoms in total. The van der Waals surface area contributed by atoms with Crippen LogP contribution in [-0.4, -0.2) is 4.57 Å². The van der Waals surface area contributed by atoms with E-state index in [0.29, 0.717) is 0 Å². The summed E-state index contributed by atoms with van der Waals surface area (Å²) in [5.41, 5.74) is 16.3. The lowest BCUT2D eigenvalue weighted by Gasteiger charge is -2.29. The summed E-state index contributed by atoms with van der Waals surface area (Å²) in [6.45, 7) is 0. The van der Waals surface area contributed by atoms with Gasteiger partial charge in [0.1, 0.15) is 0 Å². The van der Waals surface area contributed by atoms with E-state index in [0.717, 1.165) is 33.9 Å². The summed E-state index contributed by atoms with van der Waals surface area (Å²) >= 11 is 1.86. The smallest absolute Gasteiger partial charge is 0.0541 e. The Labute approximate surface area is 370 Å². The van der Waals surface area contributed by atoms with Crippen molar-refractivity contribution in [2.45, 2.75) is 0 Å². The average Bonchev–Trinajstić information content (AvgIpc) is 3.91. The van der Waals surface area contributed by atoms with Crippen LogP contribution in [0, 0.1) is 0 Å². The lowest BCUT2D eigenvalue weighted by atomic mass is 9.94. The van der Waals surface area contributed by atoms with Gasteiger partial charge in [0.05, 0.1) is 22.4 Å². The summed E-state index contributed by atoms with van der Waals surface area (Å²) in [6.07, 6.45) is 0. The van der Waals surface area contributed by atoms with Gasteiger partial charge in [0.15, 0.2) is 0 Å². The summed E-state index contributed by atoms with van der Waals surface area (Å²) in [4.78, 5) is 2.43. The summed E-state index contributed by atoms with van der Waals surface area (Å²) in [5, 5.41) is 5.10. The zero-order valence-corrected chi connectivity index (χ0v) is 35.2. The Kier molecular flexibility index (Phi) is 9.06. The zero-order chi connectivity index (χ0) is 41.7. The first kappa shape index (κ1) is 36.8. The van der Waals surface area contributed by atoms with E-state index in [2.05, 4.69) is 252 Å². The monoisotopic (exact) mass is 820 g/mol. The van der Waals surface area contributed by atoms with Crippen LogP contribution in [0.3, 0.4) is 0 Å². The van der Waals surface area contributed by atoms with Gasteiger partial charge in [-0.25, -0.2) is 0 Å². The standard InChI is InChI=1S/C60H40N2S/c1-3-15-41(16-4-1)43-27-33-47(34-28-43)61(48-35-29-44(30-36-48)42-17-5-2-6-18-42)58-38-32-45(39-54(58)46-31-37-53-52-22-10-14-26-59(52)63-60(53)40-46)49-19-7-11-23-55(49)62-56-24-12-8-20-50(56)51-21-9-13-25-57(51)62/h1-40H. The van der Waals surface area contributed by atoms with Crippen LogP contribution in [0.25, 0.3) is 92.2 Å². The molecule has 0 radical (unpaired) electrons. The molecule has 12 rings (SSSR count). The Balaban J connectivity index is 1.08. The summed E-state index contributed by atoms with van der Waals surface area (Å²) < 4.78 is 5.02. The summed E-state index contributed by atoms with van der Waals surface area (Å²) in [6, 6.07) is 88.5. The maximum absolute atomic E-state index is 2.44. The van der Waals surface area contributed by atoms with E-state index in [1.807, 2.05) is 11.3 Å². The van der Waals surface area contributed by atoms with Crippen LogP contribution in [0.5, 0.6) is 0 Å². The average molecular weight is 821 g/mol. The van der Waals surface area contributed by atoms with Gasteiger partial charge in [0, 0.05) is 53.4 Å². The van der Waals surface area contributed by atoms with E-state index < -0.39 is 0 Å². The van der Waals surface area contributed by atoms with Gasteiger partial charge in [-0.05, 0) is 100 Å². The second-order valence-corrected chi connectivity index (χ2v) is 17.2. The molecule has 0 aliphatic heterocycles. The number of benzene rings is 10. The molecule has 0 unspecified atom stereocenters. The minimum atomic E-state index is 1.09. The fourth-order valence-corrected chi connectivity index (χ4v) is 10.6. The molecule has 296 valence electrons. The second-order valence-electron chi connectivity index (χ2n) is 16.1. The maximum Gasteiger partial charge on any atom is 0.0541 e. The Hall–Kier alpha value is -7.98. The molecule has 0 amide bonds.